The Morgan fingerprint density at radius 1 is 0.870 bits per heavy atom. The third kappa shape index (κ3) is 3.53. The van der Waals surface area contributed by atoms with Gasteiger partial charge < -0.3 is 9.73 Å². The van der Waals surface area contributed by atoms with Gasteiger partial charge >= 0.3 is 0 Å². The molecule has 0 aliphatic carbocycles. The van der Waals surface area contributed by atoms with Crippen LogP contribution in [0.3, 0.4) is 0 Å². The Kier molecular flexibility index (Phi) is 4.62. The number of carbonyl (C=O) groups is 1. The van der Waals surface area contributed by atoms with Gasteiger partial charge in [0.1, 0.15) is 5.76 Å². The second-order valence-electron chi connectivity index (χ2n) is 4.73. The Bertz CT molecular complexity index is 874. The minimum Gasteiger partial charge on any atom is -0.451 e. The van der Waals surface area contributed by atoms with Crippen molar-refractivity contribution in [1.82, 2.24) is 0 Å². The Labute approximate surface area is 147 Å². The maximum Gasteiger partial charge on any atom is 0.291 e. The van der Waals surface area contributed by atoms with Crippen LogP contribution in [0.2, 0.25) is 15.1 Å². The van der Waals surface area contributed by atoms with Gasteiger partial charge in [0.25, 0.3) is 5.91 Å². The van der Waals surface area contributed by atoms with E-state index in [9.17, 15) is 4.79 Å². The molecular weight excluding hydrogens is 357 g/mol. The zero-order chi connectivity index (χ0) is 16.4. The van der Waals surface area contributed by atoms with Crippen molar-refractivity contribution in [2.75, 3.05) is 5.32 Å². The topological polar surface area (TPSA) is 42.2 Å². The van der Waals surface area contributed by atoms with E-state index in [0.717, 1.165) is 5.56 Å². The largest absolute Gasteiger partial charge is 0.451 e. The fraction of sp³-hybridized carbons (Fsp3) is 0. The number of anilines is 1. The van der Waals surface area contributed by atoms with E-state index in [4.69, 9.17) is 39.2 Å². The molecule has 2 aromatic carbocycles. The number of furan rings is 1. The van der Waals surface area contributed by atoms with E-state index >= 15 is 0 Å². The average Bonchev–Trinajstić information content (AvgIpc) is 3.01. The summed E-state index contributed by atoms with van der Waals surface area (Å²) >= 11 is 17.9. The third-order valence-electron chi connectivity index (χ3n) is 3.15. The third-order valence-corrected chi connectivity index (χ3v) is 4.22. The van der Waals surface area contributed by atoms with Gasteiger partial charge in [-0.1, -0.05) is 46.9 Å². The van der Waals surface area contributed by atoms with Crippen molar-refractivity contribution in [1.29, 1.82) is 0 Å². The van der Waals surface area contributed by atoms with Crippen LogP contribution in [0.1, 0.15) is 10.6 Å². The van der Waals surface area contributed by atoms with E-state index in [0.29, 0.717) is 26.5 Å². The predicted octanol–water partition coefficient (Wildman–Crippen LogP) is 6.16. The smallest absolute Gasteiger partial charge is 0.291 e. The van der Waals surface area contributed by atoms with Crippen molar-refractivity contribution in [3.8, 4) is 11.3 Å². The molecule has 3 nitrogen and oxygen atoms in total. The molecule has 0 bridgehead atoms. The van der Waals surface area contributed by atoms with E-state index in [2.05, 4.69) is 5.32 Å². The monoisotopic (exact) mass is 365 g/mol. The SMILES string of the molecule is O=C(Nc1ccc(Cl)c(Cl)c1)c1ccc(-c2ccccc2Cl)o1. The maximum atomic E-state index is 12.2. The number of amides is 1. The van der Waals surface area contributed by atoms with Gasteiger partial charge in [0, 0.05) is 11.3 Å². The number of nitrogens with one attached hydrogen (secondary N) is 1. The molecule has 0 aliphatic heterocycles. The molecule has 0 fully saturated rings. The first-order valence-corrected chi connectivity index (χ1v) is 7.79. The molecule has 0 unspecified atom stereocenters. The summed E-state index contributed by atoms with van der Waals surface area (Å²) in [6.07, 6.45) is 0. The first kappa shape index (κ1) is 15.9. The Morgan fingerprint density at radius 3 is 2.39 bits per heavy atom. The summed E-state index contributed by atoms with van der Waals surface area (Å²) in [6.45, 7) is 0. The van der Waals surface area contributed by atoms with Crippen LogP contribution in [0.15, 0.2) is 59.0 Å². The normalized spacial score (nSPS) is 10.6. The highest BCUT2D eigenvalue weighted by molar-refractivity contribution is 6.42. The summed E-state index contributed by atoms with van der Waals surface area (Å²) in [5.41, 5.74) is 1.25. The van der Waals surface area contributed by atoms with Crippen LogP contribution in [0.25, 0.3) is 11.3 Å². The van der Waals surface area contributed by atoms with Crippen LogP contribution < -0.4 is 5.32 Å². The quantitative estimate of drug-likeness (QED) is 0.603. The Morgan fingerprint density at radius 2 is 1.65 bits per heavy atom. The zero-order valence-corrected chi connectivity index (χ0v) is 13.9. The highest BCUT2D eigenvalue weighted by atomic mass is 35.5. The molecule has 1 N–H and O–H groups in total. The number of carbonyl (C=O) groups excluding carboxylic acids is 1. The van der Waals surface area contributed by atoms with Gasteiger partial charge in [-0.15, -0.1) is 0 Å². The highest BCUT2D eigenvalue weighted by Gasteiger charge is 2.14. The Balaban J connectivity index is 1.81. The van der Waals surface area contributed by atoms with Crippen LogP contribution in [-0.2, 0) is 0 Å². The maximum absolute atomic E-state index is 12.2. The molecule has 0 radical (unpaired) electrons. The number of benzene rings is 2. The molecule has 0 atom stereocenters. The molecule has 116 valence electrons. The summed E-state index contributed by atoms with van der Waals surface area (Å²) in [7, 11) is 0. The lowest BCUT2D eigenvalue weighted by atomic mass is 10.2. The van der Waals surface area contributed by atoms with Crippen LogP contribution in [0.4, 0.5) is 5.69 Å². The van der Waals surface area contributed by atoms with E-state index in [1.165, 1.54) is 0 Å². The van der Waals surface area contributed by atoms with Crippen molar-refractivity contribution >= 4 is 46.4 Å². The molecule has 0 aliphatic rings. The fourth-order valence-corrected chi connectivity index (χ4v) is 2.56. The van der Waals surface area contributed by atoms with Gasteiger partial charge in [0.15, 0.2) is 5.76 Å². The minimum atomic E-state index is -0.387. The predicted molar refractivity (Wildman–Crippen MR) is 93.6 cm³/mol. The summed E-state index contributed by atoms with van der Waals surface area (Å²) in [4.78, 5) is 12.2. The van der Waals surface area contributed by atoms with Crippen molar-refractivity contribution in [3.63, 3.8) is 0 Å². The molecular formula is C17H10Cl3NO2. The van der Waals surface area contributed by atoms with Gasteiger partial charge in [-0.05, 0) is 42.5 Å². The molecule has 3 aromatic rings. The number of hydrogen-bond acceptors (Lipinski definition) is 2. The number of hydrogen-bond donors (Lipinski definition) is 1. The zero-order valence-electron chi connectivity index (χ0n) is 11.6. The van der Waals surface area contributed by atoms with Crippen molar-refractivity contribution in [2.24, 2.45) is 0 Å². The van der Waals surface area contributed by atoms with Gasteiger partial charge in [0.05, 0.1) is 15.1 Å². The van der Waals surface area contributed by atoms with Crippen molar-refractivity contribution in [3.05, 3.63) is 75.4 Å². The molecule has 0 spiro atoms. The lowest BCUT2D eigenvalue weighted by Gasteiger charge is -2.04. The molecule has 3 rings (SSSR count). The lowest BCUT2D eigenvalue weighted by Crippen LogP contribution is -2.10. The van der Waals surface area contributed by atoms with E-state index in [1.807, 2.05) is 18.2 Å². The van der Waals surface area contributed by atoms with Crippen LogP contribution >= 0.6 is 34.8 Å². The van der Waals surface area contributed by atoms with Gasteiger partial charge in [-0.3, -0.25) is 4.79 Å². The summed E-state index contributed by atoms with van der Waals surface area (Å²) in [6, 6.07) is 15.4. The molecule has 1 amide bonds. The minimum absolute atomic E-state index is 0.172. The van der Waals surface area contributed by atoms with Gasteiger partial charge in [-0.2, -0.15) is 0 Å². The van der Waals surface area contributed by atoms with Gasteiger partial charge in [-0.25, -0.2) is 0 Å². The van der Waals surface area contributed by atoms with E-state index in [1.54, 1.807) is 36.4 Å². The molecule has 0 saturated heterocycles. The average molecular weight is 367 g/mol. The summed E-state index contributed by atoms with van der Waals surface area (Å²) < 4.78 is 5.58. The van der Waals surface area contributed by atoms with Crippen LogP contribution in [-0.4, -0.2) is 5.91 Å². The first-order valence-electron chi connectivity index (χ1n) is 6.66. The fourth-order valence-electron chi connectivity index (χ4n) is 2.03. The van der Waals surface area contributed by atoms with E-state index in [-0.39, 0.29) is 11.7 Å². The Hall–Kier alpha value is -1.94. The second-order valence-corrected chi connectivity index (χ2v) is 5.95. The van der Waals surface area contributed by atoms with Gasteiger partial charge in [0.2, 0.25) is 0 Å². The van der Waals surface area contributed by atoms with Crippen LogP contribution in [0, 0.1) is 0 Å². The molecule has 1 heterocycles. The molecule has 1 aromatic heterocycles. The molecule has 23 heavy (non-hydrogen) atoms. The first-order chi connectivity index (χ1) is 11.0. The molecule has 6 heteroatoms. The number of halogens is 3. The lowest BCUT2D eigenvalue weighted by molar-refractivity contribution is 0.0997. The molecule has 0 saturated carbocycles. The number of rotatable bonds is 3. The van der Waals surface area contributed by atoms with Crippen molar-refractivity contribution < 1.29 is 9.21 Å². The van der Waals surface area contributed by atoms with Crippen LogP contribution in [0.5, 0.6) is 0 Å². The summed E-state index contributed by atoms with van der Waals surface area (Å²) in [5.74, 6) is 0.308. The van der Waals surface area contributed by atoms with E-state index < -0.39 is 0 Å². The summed E-state index contributed by atoms with van der Waals surface area (Å²) in [5, 5.41) is 4.03. The second kappa shape index (κ2) is 6.67. The highest BCUT2D eigenvalue weighted by Crippen LogP contribution is 2.30. The standard InChI is InChI=1S/C17H10Cl3NO2/c18-12-4-2-1-3-11(12)15-7-8-16(23-15)17(22)21-10-5-6-13(19)14(20)9-10/h1-9H,(H,21,22). The van der Waals surface area contributed by atoms with Crippen molar-refractivity contribution in [2.45, 2.75) is 0 Å².